The number of hydrogen-bond acceptors (Lipinski definition) is 4. The number of nitrogens with one attached hydrogen (secondary N) is 1. The highest BCUT2D eigenvalue weighted by atomic mass is 32.2. The molecule has 110 valence electrons. The zero-order chi connectivity index (χ0) is 15.2. The second-order valence-corrected chi connectivity index (χ2v) is 6.85. The average molecular weight is 312 g/mol. The Balaban J connectivity index is 1.92. The van der Waals surface area contributed by atoms with E-state index in [2.05, 4.69) is 15.2 Å². The number of rotatable bonds is 2. The van der Waals surface area contributed by atoms with Crippen molar-refractivity contribution >= 4 is 15.7 Å². The van der Waals surface area contributed by atoms with E-state index in [1.807, 2.05) is 18.2 Å². The van der Waals surface area contributed by atoms with Crippen LogP contribution < -0.4 is 4.31 Å². The molecule has 22 heavy (non-hydrogen) atoms. The Bertz CT molecular complexity index is 935. The summed E-state index contributed by atoms with van der Waals surface area (Å²) in [6.45, 7) is 0.250. The van der Waals surface area contributed by atoms with Gasteiger partial charge in [-0.15, -0.1) is 0 Å². The maximum Gasteiger partial charge on any atom is 0.266 e. The Morgan fingerprint density at radius 2 is 1.95 bits per heavy atom. The molecule has 2 aromatic heterocycles. The first-order valence-corrected chi connectivity index (χ1v) is 8.16. The van der Waals surface area contributed by atoms with Crippen molar-refractivity contribution < 1.29 is 8.42 Å². The molecule has 3 aromatic rings. The maximum absolute atomic E-state index is 12.9. The van der Waals surface area contributed by atoms with Gasteiger partial charge in [-0.05, 0) is 18.2 Å². The number of pyridine rings is 1. The summed E-state index contributed by atoms with van der Waals surface area (Å²) in [6, 6.07) is 10.6. The quantitative estimate of drug-likeness (QED) is 0.786. The van der Waals surface area contributed by atoms with E-state index in [1.165, 1.54) is 10.5 Å². The number of aromatic nitrogens is 3. The molecule has 1 N–H and O–H groups in total. The zero-order valence-electron chi connectivity index (χ0n) is 11.5. The minimum Gasteiger partial charge on any atom is -0.277 e. The normalized spacial score (nSPS) is 13.5. The standard InChI is InChI=1S/C15H12N4O2S/c20-22(21,12-4-3-7-16-9-12)19-10-11-8-17-18-15(11)13-5-1-2-6-14(13)19/h1-9H,10H2,(H,17,18). The van der Waals surface area contributed by atoms with E-state index in [0.29, 0.717) is 5.69 Å². The summed E-state index contributed by atoms with van der Waals surface area (Å²) >= 11 is 0. The highest BCUT2D eigenvalue weighted by molar-refractivity contribution is 7.92. The molecular weight excluding hydrogens is 300 g/mol. The molecule has 0 bridgehead atoms. The molecular formula is C15H12N4O2S. The SMILES string of the molecule is O=S(=O)(c1cccnc1)N1Cc2cn[nH]c2-c2ccccc21. The van der Waals surface area contributed by atoms with E-state index in [0.717, 1.165) is 16.8 Å². The van der Waals surface area contributed by atoms with Crippen LogP contribution in [0.25, 0.3) is 11.3 Å². The summed E-state index contributed by atoms with van der Waals surface area (Å²) in [6.07, 6.45) is 4.58. The van der Waals surface area contributed by atoms with Gasteiger partial charge < -0.3 is 0 Å². The third-order valence-electron chi connectivity index (χ3n) is 3.70. The van der Waals surface area contributed by atoms with Crippen molar-refractivity contribution in [2.24, 2.45) is 0 Å². The molecule has 0 saturated carbocycles. The van der Waals surface area contributed by atoms with Gasteiger partial charge in [0.15, 0.2) is 0 Å². The molecule has 4 rings (SSSR count). The van der Waals surface area contributed by atoms with E-state index in [-0.39, 0.29) is 11.4 Å². The van der Waals surface area contributed by atoms with Gasteiger partial charge in [0.2, 0.25) is 0 Å². The van der Waals surface area contributed by atoms with Gasteiger partial charge in [-0.3, -0.25) is 14.4 Å². The van der Waals surface area contributed by atoms with Gasteiger partial charge >= 0.3 is 0 Å². The van der Waals surface area contributed by atoms with Crippen molar-refractivity contribution in [2.45, 2.75) is 11.4 Å². The van der Waals surface area contributed by atoms with Crippen LogP contribution in [0.3, 0.4) is 0 Å². The molecule has 0 radical (unpaired) electrons. The van der Waals surface area contributed by atoms with Crippen LogP contribution in [0.1, 0.15) is 5.56 Å². The van der Waals surface area contributed by atoms with Crippen molar-refractivity contribution in [3.8, 4) is 11.3 Å². The first-order chi connectivity index (χ1) is 10.7. The fourth-order valence-corrected chi connectivity index (χ4v) is 4.07. The Labute approximate surface area is 127 Å². The molecule has 7 heteroatoms. The molecule has 0 atom stereocenters. The molecule has 3 heterocycles. The summed E-state index contributed by atoms with van der Waals surface area (Å²) in [7, 11) is -3.67. The van der Waals surface area contributed by atoms with Gasteiger partial charge in [0.25, 0.3) is 10.0 Å². The van der Waals surface area contributed by atoms with E-state index < -0.39 is 10.0 Å². The second kappa shape index (κ2) is 4.67. The molecule has 0 amide bonds. The fourth-order valence-electron chi connectivity index (χ4n) is 2.65. The largest absolute Gasteiger partial charge is 0.277 e. The Kier molecular flexibility index (Phi) is 2.77. The van der Waals surface area contributed by atoms with Crippen LogP contribution >= 0.6 is 0 Å². The number of aromatic amines is 1. The highest BCUT2D eigenvalue weighted by Crippen LogP contribution is 2.40. The lowest BCUT2D eigenvalue weighted by Gasteiger charge is -2.29. The van der Waals surface area contributed by atoms with Crippen molar-refractivity contribution in [2.75, 3.05) is 4.31 Å². The average Bonchev–Trinajstić information content (AvgIpc) is 3.04. The van der Waals surface area contributed by atoms with Crippen LogP contribution in [-0.2, 0) is 16.6 Å². The number of sulfonamides is 1. The smallest absolute Gasteiger partial charge is 0.266 e. The Morgan fingerprint density at radius 1 is 1.09 bits per heavy atom. The van der Waals surface area contributed by atoms with Crippen molar-refractivity contribution in [1.29, 1.82) is 0 Å². The highest BCUT2D eigenvalue weighted by Gasteiger charge is 2.32. The Hall–Kier alpha value is -2.67. The van der Waals surface area contributed by atoms with Crippen molar-refractivity contribution in [3.63, 3.8) is 0 Å². The number of nitrogens with zero attached hydrogens (tertiary/aromatic N) is 3. The van der Waals surface area contributed by atoms with Gasteiger partial charge in [0, 0.05) is 23.5 Å². The zero-order valence-corrected chi connectivity index (χ0v) is 12.3. The minimum atomic E-state index is -3.67. The second-order valence-electron chi connectivity index (χ2n) is 4.99. The lowest BCUT2D eigenvalue weighted by atomic mass is 10.0. The van der Waals surface area contributed by atoms with E-state index in [4.69, 9.17) is 0 Å². The monoisotopic (exact) mass is 312 g/mol. The van der Waals surface area contributed by atoms with Crippen LogP contribution in [0.5, 0.6) is 0 Å². The lowest BCUT2D eigenvalue weighted by Crippen LogP contribution is -2.33. The third kappa shape index (κ3) is 1.82. The summed E-state index contributed by atoms with van der Waals surface area (Å²) in [5.74, 6) is 0. The van der Waals surface area contributed by atoms with E-state index in [9.17, 15) is 8.42 Å². The van der Waals surface area contributed by atoms with Crippen LogP contribution in [0.2, 0.25) is 0 Å². The number of H-pyrrole nitrogens is 1. The summed E-state index contributed by atoms with van der Waals surface area (Å²) in [4.78, 5) is 4.09. The predicted molar refractivity (Wildman–Crippen MR) is 81.6 cm³/mol. The van der Waals surface area contributed by atoms with Gasteiger partial charge in [-0.1, -0.05) is 18.2 Å². The van der Waals surface area contributed by atoms with Gasteiger partial charge in [-0.25, -0.2) is 8.42 Å². The molecule has 0 unspecified atom stereocenters. The first-order valence-electron chi connectivity index (χ1n) is 6.72. The van der Waals surface area contributed by atoms with Crippen LogP contribution in [-0.4, -0.2) is 23.6 Å². The van der Waals surface area contributed by atoms with Gasteiger partial charge in [0.1, 0.15) is 4.90 Å². The van der Waals surface area contributed by atoms with Crippen LogP contribution in [0.15, 0.2) is 59.9 Å². The number of anilines is 1. The molecule has 6 nitrogen and oxygen atoms in total. The fraction of sp³-hybridized carbons (Fsp3) is 0.0667. The topological polar surface area (TPSA) is 79.0 Å². The number of hydrogen-bond donors (Lipinski definition) is 1. The number of fused-ring (bicyclic) bond motifs is 3. The predicted octanol–water partition coefficient (Wildman–Crippen LogP) is 2.18. The molecule has 0 spiro atoms. The molecule has 1 aliphatic heterocycles. The molecule has 0 fully saturated rings. The van der Waals surface area contributed by atoms with Crippen LogP contribution in [0, 0.1) is 0 Å². The summed E-state index contributed by atoms with van der Waals surface area (Å²) in [5, 5.41) is 6.97. The van der Waals surface area contributed by atoms with Gasteiger partial charge in [-0.2, -0.15) is 5.10 Å². The third-order valence-corrected chi connectivity index (χ3v) is 5.44. The molecule has 1 aliphatic rings. The Morgan fingerprint density at radius 3 is 2.77 bits per heavy atom. The van der Waals surface area contributed by atoms with E-state index in [1.54, 1.807) is 30.6 Å². The first kappa shape index (κ1) is 13.0. The van der Waals surface area contributed by atoms with Crippen molar-refractivity contribution in [3.05, 3.63) is 60.6 Å². The summed E-state index contributed by atoms with van der Waals surface area (Å²) < 4.78 is 27.3. The molecule has 0 saturated heterocycles. The van der Waals surface area contributed by atoms with Gasteiger partial charge in [0.05, 0.1) is 24.1 Å². The van der Waals surface area contributed by atoms with E-state index >= 15 is 0 Å². The molecule has 1 aromatic carbocycles. The number of benzene rings is 1. The van der Waals surface area contributed by atoms with Crippen molar-refractivity contribution in [1.82, 2.24) is 15.2 Å². The molecule has 0 aliphatic carbocycles. The maximum atomic E-state index is 12.9. The van der Waals surface area contributed by atoms with Crippen LogP contribution in [0.4, 0.5) is 5.69 Å². The summed E-state index contributed by atoms with van der Waals surface area (Å²) in [5.41, 5.74) is 3.19. The lowest BCUT2D eigenvalue weighted by molar-refractivity contribution is 0.589. The minimum absolute atomic E-state index is 0.178. The number of para-hydroxylation sites is 1.